The van der Waals surface area contributed by atoms with Gasteiger partial charge in [0.1, 0.15) is 0 Å². The van der Waals surface area contributed by atoms with Gasteiger partial charge in [-0.15, -0.1) is 0 Å². The van der Waals surface area contributed by atoms with E-state index in [9.17, 15) is 18.0 Å². The normalized spacial score (nSPS) is 11.6. The summed E-state index contributed by atoms with van der Waals surface area (Å²) < 4.78 is 35.6. The van der Waals surface area contributed by atoms with Crippen LogP contribution in [0, 0.1) is 0 Å². The number of hydrogen-bond donors (Lipinski definition) is 3. The smallest absolute Gasteiger partial charge is 0.348 e. The van der Waals surface area contributed by atoms with Gasteiger partial charge in [-0.05, 0) is 38.9 Å². The molecule has 120 valence electrons. The molecule has 0 bridgehead atoms. The van der Waals surface area contributed by atoms with Gasteiger partial charge >= 0.3 is 12.1 Å². The topological polar surface area (TPSA) is 67.2 Å². The Morgan fingerprint density at radius 1 is 0.850 bits per heavy atom. The van der Waals surface area contributed by atoms with Crippen molar-refractivity contribution in [1.82, 2.24) is 10.6 Å². The van der Waals surface area contributed by atoms with Crippen molar-refractivity contribution in [3.63, 3.8) is 0 Å². The number of unbranched alkanes of at least 4 members (excludes halogenated alkanes) is 5. The molecule has 0 fully saturated rings. The molecule has 20 heavy (non-hydrogen) atoms. The number of halogens is 3. The molecule has 0 aliphatic rings. The highest BCUT2D eigenvalue weighted by molar-refractivity contribution is 5.81. The number of carbonyl (C=O) groups excluding carboxylic acids is 1. The van der Waals surface area contributed by atoms with E-state index in [-0.39, 0.29) is 6.54 Å². The molecule has 0 aliphatic carbocycles. The van der Waals surface area contributed by atoms with E-state index in [1.165, 1.54) is 0 Å². The molecule has 1 amide bonds. The Morgan fingerprint density at radius 3 is 1.90 bits per heavy atom. The van der Waals surface area contributed by atoms with Crippen LogP contribution in [0.15, 0.2) is 0 Å². The molecule has 7 heteroatoms. The molecule has 4 N–H and O–H groups in total. The number of amides is 1. The lowest BCUT2D eigenvalue weighted by Gasteiger charge is -2.07. The summed E-state index contributed by atoms with van der Waals surface area (Å²) in [6.07, 6.45) is 1.95. The molecule has 0 aromatic rings. The van der Waals surface area contributed by atoms with Gasteiger partial charge in [-0.2, -0.15) is 13.2 Å². The van der Waals surface area contributed by atoms with Crippen molar-refractivity contribution in [2.24, 2.45) is 5.73 Å². The van der Waals surface area contributed by atoms with Crippen molar-refractivity contribution in [1.29, 1.82) is 0 Å². The second-order valence-corrected chi connectivity index (χ2v) is 4.77. The Balaban J connectivity index is 3.16. The first kappa shape index (κ1) is 19.2. The summed E-state index contributed by atoms with van der Waals surface area (Å²) >= 11 is 0. The van der Waals surface area contributed by atoms with Crippen LogP contribution >= 0.6 is 0 Å². The molecule has 0 saturated heterocycles. The average Bonchev–Trinajstić information content (AvgIpc) is 2.38. The lowest BCUT2D eigenvalue weighted by Crippen LogP contribution is -2.37. The summed E-state index contributed by atoms with van der Waals surface area (Å²) in [6.45, 7) is 2.74. The molecule has 0 aromatic carbocycles. The highest BCUT2D eigenvalue weighted by Crippen LogP contribution is 2.14. The summed E-state index contributed by atoms with van der Waals surface area (Å²) in [5.74, 6) is -1.85. The first-order valence-corrected chi connectivity index (χ1v) is 7.24. The van der Waals surface area contributed by atoms with E-state index in [4.69, 9.17) is 5.73 Å². The molecule has 0 aliphatic heterocycles. The van der Waals surface area contributed by atoms with E-state index in [1.807, 2.05) is 5.32 Å². The number of nitrogens with two attached hydrogens (primary N) is 1. The number of carbonyl (C=O) groups is 1. The van der Waals surface area contributed by atoms with Crippen LogP contribution in [0.1, 0.15) is 44.9 Å². The van der Waals surface area contributed by atoms with Crippen LogP contribution < -0.4 is 16.4 Å². The van der Waals surface area contributed by atoms with Crippen LogP contribution in [0.5, 0.6) is 0 Å². The van der Waals surface area contributed by atoms with Crippen molar-refractivity contribution < 1.29 is 18.0 Å². The fraction of sp³-hybridized carbons (Fsp3) is 0.923. The quantitative estimate of drug-likeness (QED) is 0.482. The van der Waals surface area contributed by atoms with Gasteiger partial charge in [-0.1, -0.05) is 25.7 Å². The van der Waals surface area contributed by atoms with E-state index in [0.29, 0.717) is 13.0 Å². The predicted molar refractivity (Wildman–Crippen MR) is 73.3 cm³/mol. The minimum absolute atomic E-state index is 0.0962. The monoisotopic (exact) mass is 297 g/mol. The summed E-state index contributed by atoms with van der Waals surface area (Å²) in [4.78, 5) is 10.5. The third-order valence-corrected chi connectivity index (χ3v) is 2.88. The van der Waals surface area contributed by atoms with Gasteiger partial charge in [0.25, 0.3) is 0 Å². The van der Waals surface area contributed by atoms with Crippen LogP contribution in [-0.4, -0.2) is 38.3 Å². The average molecular weight is 297 g/mol. The molecule has 0 radical (unpaired) electrons. The van der Waals surface area contributed by atoms with Gasteiger partial charge in [0.05, 0.1) is 0 Å². The molecule has 0 unspecified atom stereocenters. The van der Waals surface area contributed by atoms with Crippen molar-refractivity contribution in [3.8, 4) is 0 Å². The Hall–Kier alpha value is -0.820. The highest BCUT2D eigenvalue weighted by Gasteiger charge is 2.38. The zero-order valence-electron chi connectivity index (χ0n) is 11.9. The molecule has 0 rings (SSSR count). The van der Waals surface area contributed by atoms with Crippen molar-refractivity contribution in [2.75, 3.05) is 26.2 Å². The minimum Gasteiger partial charge on any atom is -0.348 e. The van der Waals surface area contributed by atoms with E-state index in [2.05, 4.69) is 5.32 Å². The van der Waals surface area contributed by atoms with Crippen molar-refractivity contribution in [2.45, 2.75) is 51.1 Å². The van der Waals surface area contributed by atoms with E-state index in [1.54, 1.807) is 0 Å². The predicted octanol–water partition coefficient (Wildman–Crippen LogP) is 1.94. The molecule has 4 nitrogen and oxygen atoms in total. The van der Waals surface area contributed by atoms with Gasteiger partial charge in [0, 0.05) is 6.54 Å². The number of hydrogen-bond acceptors (Lipinski definition) is 3. The number of nitrogens with one attached hydrogen (secondary N) is 2. The lowest BCUT2D eigenvalue weighted by atomic mass is 10.1. The molecule has 0 aromatic heterocycles. The van der Waals surface area contributed by atoms with Gasteiger partial charge < -0.3 is 16.4 Å². The Labute approximate surface area is 118 Å². The first-order chi connectivity index (χ1) is 9.48. The Bertz CT molecular complexity index is 248. The molecular weight excluding hydrogens is 271 g/mol. The number of alkyl halides is 3. The standard InChI is InChI=1S/C13H26F3N3O/c14-13(15,16)12(20)19-11-6-4-2-1-3-5-9-18-10-7-8-17/h18H,1-11,17H2,(H,19,20). The van der Waals surface area contributed by atoms with Gasteiger partial charge in [-0.25, -0.2) is 0 Å². The second kappa shape index (κ2) is 12.0. The highest BCUT2D eigenvalue weighted by atomic mass is 19.4. The van der Waals surface area contributed by atoms with E-state index in [0.717, 1.165) is 51.6 Å². The summed E-state index contributed by atoms with van der Waals surface area (Å²) in [7, 11) is 0. The fourth-order valence-corrected chi connectivity index (χ4v) is 1.74. The fourth-order valence-electron chi connectivity index (χ4n) is 1.74. The van der Waals surface area contributed by atoms with Crippen LogP contribution in [0.4, 0.5) is 13.2 Å². The minimum atomic E-state index is -4.77. The molecule has 0 saturated carbocycles. The molecule has 0 spiro atoms. The molecule has 0 heterocycles. The van der Waals surface area contributed by atoms with Crippen molar-refractivity contribution in [3.05, 3.63) is 0 Å². The largest absolute Gasteiger partial charge is 0.471 e. The van der Waals surface area contributed by atoms with E-state index < -0.39 is 12.1 Å². The third-order valence-electron chi connectivity index (χ3n) is 2.88. The zero-order valence-corrected chi connectivity index (χ0v) is 11.9. The van der Waals surface area contributed by atoms with Crippen LogP contribution in [0.3, 0.4) is 0 Å². The van der Waals surface area contributed by atoms with Crippen LogP contribution in [-0.2, 0) is 4.79 Å². The lowest BCUT2D eigenvalue weighted by molar-refractivity contribution is -0.173. The van der Waals surface area contributed by atoms with E-state index >= 15 is 0 Å². The maximum absolute atomic E-state index is 11.9. The summed E-state index contributed by atoms with van der Waals surface area (Å²) in [5, 5.41) is 5.16. The van der Waals surface area contributed by atoms with Crippen molar-refractivity contribution >= 4 is 5.91 Å². The summed E-state index contributed by atoms with van der Waals surface area (Å²) in [5.41, 5.74) is 5.36. The second-order valence-electron chi connectivity index (χ2n) is 4.77. The Kier molecular flexibility index (Phi) is 11.5. The maximum atomic E-state index is 11.9. The van der Waals surface area contributed by atoms with Gasteiger partial charge in [-0.3, -0.25) is 4.79 Å². The van der Waals surface area contributed by atoms with Gasteiger partial charge in [0.15, 0.2) is 0 Å². The number of rotatable bonds is 12. The maximum Gasteiger partial charge on any atom is 0.471 e. The molecule has 0 atom stereocenters. The van der Waals surface area contributed by atoms with Crippen LogP contribution in [0.2, 0.25) is 0 Å². The van der Waals surface area contributed by atoms with Crippen LogP contribution in [0.25, 0.3) is 0 Å². The third kappa shape index (κ3) is 12.2. The SMILES string of the molecule is NCCCNCCCCCCCCNC(=O)C(F)(F)F. The molecular formula is C13H26F3N3O. The zero-order chi connectivity index (χ0) is 15.3. The van der Waals surface area contributed by atoms with Gasteiger partial charge in [0.2, 0.25) is 0 Å². The summed E-state index contributed by atoms with van der Waals surface area (Å²) in [6, 6.07) is 0. The Morgan fingerprint density at radius 2 is 1.35 bits per heavy atom. The first-order valence-electron chi connectivity index (χ1n) is 7.24.